The van der Waals surface area contributed by atoms with Gasteiger partial charge in [-0.15, -0.1) is 0 Å². The summed E-state index contributed by atoms with van der Waals surface area (Å²) < 4.78 is 0. The van der Waals surface area contributed by atoms with Crippen LogP contribution in [0.3, 0.4) is 0 Å². The molecule has 1 aliphatic heterocycles. The summed E-state index contributed by atoms with van der Waals surface area (Å²) in [6.45, 7) is 8.69. The highest BCUT2D eigenvalue weighted by molar-refractivity contribution is 5.54. The van der Waals surface area contributed by atoms with Crippen molar-refractivity contribution in [3.8, 4) is 0 Å². The van der Waals surface area contributed by atoms with Crippen LogP contribution in [0.4, 0.5) is 5.69 Å². The number of hydrogen-bond acceptors (Lipinski definition) is 3. The lowest BCUT2D eigenvalue weighted by Gasteiger charge is -2.30. The summed E-state index contributed by atoms with van der Waals surface area (Å²) in [7, 11) is 2.22. The largest absolute Gasteiger partial charge is 0.373 e. The Morgan fingerprint density at radius 1 is 1.40 bits per heavy atom. The van der Waals surface area contributed by atoms with Crippen LogP contribution in [0.2, 0.25) is 0 Å². The van der Waals surface area contributed by atoms with Crippen LogP contribution < -0.4 is 10.6 Å². The number of anilines is 1. The van der Waals surface area contributed by atoms with Crippen molar-refractivity contribution in [2.45, 2.75) is 39.2 Å². The van der Waals surface area contributed by atoms with E-state index in [1.165, 1.54) is 42.7 Å². The molecule has 0 spiro atoms. The maximum absolute atomic E-state index is 5.76. The second-order valence-corrected chi connectivity index (χ2v) is 5.98. The second-order valence-electron chi connectivity index (χ2n) is 5.98. The third kappa shape index (κ3) is 3.53. The molecule has 0 bridgehead atoms. The van der Waals surface area contributed by atoms with Gasteiger partial charge in [-0.05, 0) is 57.5 Å². The zero-order chi connectivity index (χ0) is 14.5. The van der Waals surface area contributed by atoms with Crippen LogP contribution in [-0.4, -0.2) is 44.2 Å². The zero-order valence-electron chi connectivity index (χ0n) is 13.2. The number of benzene rings is 1. The predicted octanol–water partition coefficient (Wildman–Crippen LogP) is 2.42. The molecular formula is C17H29N3. The fraction of sp³-hybridized carbons (Fsp3) is 0.647. The van der Waals surface area contributed by atoms with Crippen molar-refractivity contribution >= 4 is 5.69 Å². The van der Waals surface area contributed by atoms with Gasteiger partial charge >= 0.3 is 0 Å². The van der Waals surface area contributed by atoms with E-state index < -0.39 is 0 Å². The van der Waals surface area contributed by atoms with Gasteiger partial charge in [-0.25, -0.2) is 0 Å². The first-order valence-corrected chi connectivity index (χ1v) is 7.90. The lowest BCUT2D eigenvalue weighted by Crippen LogP contribution is -2.39. The molecule has 1 unspecified atom stereocenters. The first-order chi connectivity index (χ1) is 9.65. The highest BCUT2D eigenvalue weighted by Crippen LogP contribution is 2.24. The van der Waals surface area contributed by atoms with E-state index in [4.69, 9.17) is 5.73 Å². The maximum atomic E-state index is 5.76. The monoisotopic (exact) mass is 275 g/mol. The predicted molar refractivity (Wildman–Crippen MR) is 87.5 cm³/mol. The van der Waals surface area contributed by atoms with Gasteiger partial charge in [-0.2, -0.15) is 0 Å². The first kappa shape index (κ1) is 15.3. The van der Waals surface area contributed by atoms with E-state index in [2.05, 4.69) is 48.9 Å². The van der Waals surface area contributed by atoms with Gasteiger partial charge in [0.2, 0.25) is 0 Å². The van der Waals surface area contributed by atoms with Crippen LogP contribution in [0, 0.1) is 6.92 Å². The summed E-state index contributed by atoms with van der Waals surface area (Å²) in [6.07, 6.45) is 3.63. The third-order valence-electron chi connectivity index (χ3n) is 4.45. The van der Waals surface area contributed by atoms with Crippen LogP contribution in [0.1, 0.15) is 30.9 Å². The number of nitrogens with two attached hydrogens (primary N) is 1. The van der Waals surface area contributed by atoms with E-state index in [1.807, 2.05) is 0 Å². The minimum absolute atomic E-state index is 0.706. The second kappa shape index (κ2) is 7.09. The molecule has 1 atom stereocenters. The van der Waals surface area contributed by atoms with Crippen molar-refractivity contribution in [3.05, 3.63) is 29.3 Å². The SMILES string of the molecule is CCN1CCCC1CN(C)c1ccc(C)cc1CCN. The molecule has 3 heteroatoms. The van der Waals surface area contributed by atoms with Gasteiger partial charge in [-0.3, -0.25) is 4.90 Å². The van der Waals surface area contributed by atoms with Gasteiger partial charge in [-0.1, -0.05) is 24.6 Å². The summed E-state index contributed by atoms with van der Waals surface area (Å²) in [5, 5.41) is 0. The van der Waals surface area contributed by atoms with E-state index in [0.29, 0.717) is 6.04 Å². The summed E-state index contributed by atoms with van der Waals surface area (Å²) >= 11 is 0. The van der Waals surface area contributed by atoms with Crippen LogP contribution in [0.25, 0.3) is 0 Å². The average Bonchev–Trinajstić information content (AvgIpc) is 2.86. The smallest absolute Gasteiger partial charge is 0.0397 e. The maximum Gasteiger partial charge on any atom is 0.0397 e. The van der Waals surface area contributed by atoms with Gasteiger partial charge in [0.05, 0.1) is 0 Å². The summed E-state index contributed by atoms with van der Waals surface area (Å²) in [4.78, 5) is 5.02. The molecule has 1 aromatic rings. The molecule has 0 aromatic heterocycles. The molecule has 0 amide bonds. The van der Waals surface area contributed by atoms with Crippen LogP contribution >= 0.6 is 0 Å². The van der Waals surface area contributed by atoms with E-state index in [9.17, 15) is 0 Å². The van der Waals surface area contributed by atoms with Crippen molar-refractivity contribution in [2.75, 3.05) is 38.1 Å². The van der Waals surface area contributed by atoms with E-state index in [-0.39, 0.29) is 0 Å². The highest BCUT2D eigenvalue weighted by Gasteiger charge is 2.24. The molecule has 1 aliphatic rings. The first-order valence-electron chi connectivity index (χ1n) is 7.90. The minimum atomic E-state index is 0.706. The summed E-state index contributed by atoms with van der Waals surface area (Å²) in [5.41, 5.74) is 9.82. The molecule has 0 saturated carbocycles. The Labute approximate surface area is 123 Å². The van der Waals surface area contributed by atoms with Gasteiger partial charge < -0.3 is 10.6 Å². The van der Waals surface area contributed by atoms with Crippen molar-refractivity contribution < 1.29 is 0 Å². The summed E-state index contributed by atoms with van der Waals surface area (Å²) in [6, 6.07) is 7.45. The Bertz CT molecular complexity index is 430. The molecular weight excluding hydrogens is 246 g/mol. The van der Waals surface area contributed by atoms with Crippen molar-refractivity contribution in [2.24, 2.45) is 5.73 Å². The molecule has 1 saturated heterocycles. The van der Waals surface area contributed by atoms with Crippen LogP contribution in [0.15, 0.2) is 18.2 Å². The number of rotatable bonds is 6. The minimum Gasteiger partial charge on any atom is -0.373 e. The number of nitrogens with zero attached hydrogens (tertiary/aromatic N) is 2. The Morgan fingerprint density at radius 2 is 2.20 bits per heavy atom. The van der Waals surface area contributed by atoms with E-state index in [1.54, 1.807) is 0 Å². The van der Waals surface area contributed by atoms with Gasteiger partial charge in [0, 0.05) is 25.3 Å². The number of likely N-dealkylation sites (tertiary alicyclic amines) is 1. The van der Waals surface area contributed by atoms with Crippen molar-refractivity contribution in [1.82, 2.24) is 4.90 Å². The lowest BCUT2D eigenvalue weighted by molar-refractivity contribution is 0.270. The number of likely N-dealkylation sites (N-methyl/N-ethyl adjacent to an activating group) is 2. The topological polar surface area (TPSA) is 32.5 Å². The fourth-order valence-corrected chi connectivity index (χ4v) is 3.38. The van der Waals surface area contributed by atoms with Crippen molar-refractivity contribution in [3.63, 3.8) is 0 Å². The normalized spacial score (nSPS) is 19.5. The lowest BCUT2D eigenvalue weighted by atomic mass is 10.0. The summed E-state index contributed by atoms with van der Waals surface area (Å²) in [5.74, 6) is 0. The van der Waals surface area contributed by atoms with Crippen LogP contribution in [0.5, 0.6) is 0 Å². The Hall–Kier alpha value is -1.06. The molecule has 2 N–H and O–H groups in total. The molecule has 0 aliphatic carbocycles. The Morgan fingerprint density at radius 3 is 2.90 bits per heavy atom. The molecule has 20 heavy (non-hydrogen) atoms. The fourth-order valence-electron chi connectivity index (χ4n) is 3.38. The number of aryl methyl sites for hydroxylation is 1. The molecule has 3 nitrogen and oxygen atoms in total. The van der Waals surface area contributed by atoms with Crippen molar-refractivity contribution in [1.29, 1.82) is 0 Å². The molecule has 2 rings (SSSR count). The van der Waals surface area contributed by atoms with Gasteiger partial charge in [0.25, 0.3) is 0 Å². The quantitative estimate of drug-likeness (QED) is 0.865. The van der Waals surface area contributed by atoms with E-state index >= 15 is 0 Å². The third-order valence-corrected chi connectivity index (χ3v) is 4.45. The molecule has 1 fully saturated rings. The van der Waals surface area contributed by atoms with E-state index in [0.717, 1.165) is 19.5 Å². The number of hydrogen-bond donors (Lipinski definition) is 1. The average molecular weight is 275 g/mol. The Kier molecular flexibility index (Phi) is 5.44. The molecule has 1 heterocycles. The highest BCUT2D eigenvalue weighted by atomic mass is 15.2. The van der Waals surface area contributed by atoms with Gasteiger partial charge in [0.1, 0.15) is 0 Å². The standard InChI is InChI=1S/C17H29N3/c1-4-20-11-5-6-16(20)13-19(3)17-8-7-14(2)12-15(17)9-10-18/h7-8,12,16H,4-6,9-11,13,18H2,1-3H3. The molecule has 0 radical (unpaired) electrons. The molecule has 1 aromatic carbocycles. The molecule has 112 valence electrons. The van der Waals surface area contributed by atoms with Gasteiger partial charge in [0.15, 0.2) is 0 Å². The van der Waals surface area contributed by atoms with Crippen LogP contribution in [-0.2, 0) is 6.42 Å². The Balaban J connectivity index is 2.10. The zero-order valence-corrected chi connectivity index (χ0v) is 13.2.